The lowest BCUT2D eigenvalue weighted by atomic mass is 10.0. The number of hydrogen-bond acceptors (Lipinski definition) is 2. The van der Waals surface area contributed by atoms with E-state index in [9.17, 15) is 0 Å². The molecular formula is C25H22ClNO. The smallest absolute Gasteiger partial charge is 0.125 e. The predicted molar refractivity (Wildman–Crippen MR) is 118 cm³/mol. The molecule has 0 atom stereocenters. The van der Waals surface area contributed by atoms with Crippen LogP contribution in [0.1, 0.15) is 16.7 Å². The monoisotopic (exact) mass is 387 g/mol. The van der Waals surface area contributed by atoms with E-state index >= 15 is 0 Å². The van der Waals surface area contributed by atoms with E-state index in [0.717, 1.165) is 27.6 Å². The Morgan fingerprint density at radius 3 is 2.39 bits per heavy atom. The van der Waals surface area contributed by atoms with Crippen molar-refractivity contribution in [2.75, 3.05) is 5.32 Å². The van der Waals surface area contributed by atoms with Crippen molar-refractivity contribution in [3.63, 3.8) is 0 Å². The van der Waals surface area contributed by atoms with Gasteiger partial charge in [-0.2, -0.15) is 0 Å². The Hall–Kier alpha value is -2.97. The highest BCUT2D eigenvalue weighted by Crippen LogP contribution is 2.30. The summed E-state index contributed by atoms with van der Waals surface area (Å²) in [6.07, 6.45) is 0. The Labute approximate surface area is 170 Å². The van der Waals surface area contributed by atoms with E-state index in [1.165, 1.54) is 16.3 Å². The molecule has 0 saturated carbocycles. The van der Waals surface area contributed by atoms with E-state index in [-0.39, 0.29) is 0 Å². The molecule has 0 unspecified atom stereocenters. The van der Waals surface area contributed by atoms with E-state index in [2.05, 4.69) is 66.8 Å². The summed E-state index contributed by atoms with van der Waals surface area (Å²) in [7, 11) is 0. The van der Waals surface area contributed by atoms with Crippen LogP contribution in [0, 0.1) is 6.92 Å². The van der Waals surface area contributed by atoms with Crippen LogP contribution >= 0.6 is 11.6 Å². The van der Waals surface area contributed by atoms with Gasteiger partial charge < -0.3 is 10.1 Å². The summed E-state index contributed by atoms with van der Waals surface area (Å²) >= 11 is 6.29. The molecule has 0 fully saturated rings. The largest absolute Gasteiger partial charge is 0.488 e. The number of hydrogen-bond donors (Lipinski definition) is 1. The zero-order valence-corrected chi connectivity index (χ0v) is 16.5. The molecule has 0 heterocycles. The molecule has 2 nitrogen and oxygen atoms in total. The second-order valence-electron chi connectivity index (χ2n) is 6.86. The maximum absolute atomic E-state index is 6.29. The SMILES string of the molecule is Cc1ccc(NCc2c(OCc3ccccc3Cl)ccc3ccccc23)cc1. The van der Waals surface area contributed by atoms with Gasteiger partial charge in [0.05, 0.1) is 0 Å². The van der Waals surface area contributed by atoms with Crippen molar-refractivity contribution >= 4 is 28.1 Å². The van der Waals surface area contributed by atoms with Crippen molar-refractivity contribution in [2.45, 2.75) is 20.1 Å². The van der Waals surface area contributed by atoms with Gasteiger partial charge in [-0.1, -0.05) is 77.8 Å². The van der Waals surface area contributed by atoms with Crippen LogP contribution in [-0.2, 0) is 13.2 Å². The number of anilines is 1. The molecule has 0 aromatic heterocycles. The summed E-state index contributed by atoms with van der Waals surface area (Å²) < 4.78 is 6.20. The van der Waals surface area contributed by atoms with Gasteiger partial charge in [-0.05, 0) is 42.0 Å². The lowest BCUT2D eigenvalue weighted by Crippen LogP contribution is -2.05. The highest BCUT2D eigenvalue weighted by atomic mass is 35.5. The highest BCUT2D eigenvalue weighted by Gasteiger charge is 2.10. The first kappa shape index (κ1) is 18.4. The van der Waals surface area contributed by atoms with E-state index in [1.54, 1.807) is 0 Å². The van der Waals surface area contributed by atoms with Crippen LogP contribution in [0.5, 0.6) is 5.75 Å². The molecular weight excluding hydrogens is 366 g/mol. The van der Waals surface area contributed by atoms with Gasteiger partial charge in [0.1, 0.15) is 12.4 Å². The van der Waals surface area contributed by atoms with Gasteiger partial charge in [0.15, 0.2) is 0 Å². The number of benzene rings is 4. The molecule has 0 amide bonds. The number of halogens is 1. The maximum Gasteiger partial charge on any atom is 0.125 e. The van der Waals surface area contributed by atoms with Crippen LogP contribution in [0.15, 0.2) is 84.9 Å². The molecule has 140 valence electrons. The van der Waals surface area contributed by atoms with Crippen LogP contribution in [0.4, 0.5) is 5.69 Å². The summed E-state index contributed by atoms with van der Waals surface area (Å²) in [6.45, 7) is 3.22. The number of nitrogens with one attached hydrogen (secondary N) is 1. The second-order valence-corrected chi connectivity index (χ2v) is 7.27. The average molecular weight is 388 g/mol. The zero-order valence-electron chi connectivity index (χ0n) is 15.8. The highest BCUT2D eigenvalue weighted by molar-refractivity contribution is 6.31. The molecule has 4 aromatic rings. The quantitative estimate of drug-likeness (QED) is 0.384. The summed E-state index contributed by atoms with van der Waals surface area (Å²) in [5, 5.41) is 6.64. The molecule has 3 heteroatoms. The van der Waals surface area contributed by atoms with Crippen molar-refractivity contribution in [3.8, 4) is 5.75 Å². The van der Waals surface area contributed by atoms with Crippen molar-refractivity contribution in [1.29, 1.82) is 0 Å². The maximum atomic E-state index is 6.29. The van der Waals surface area contributed by atoms with Gasteiger partial charge in [0, 0.05) is 28.4 Å². The Kier molecular flexibility index (Phi) is 5.50. The number of rotatable bonds is 6. The van der Waals surface area contributed by atoms with Crippen LogP contribution < -0.4 is 10.1 Å². The summed E-state index contributed by atoms with van der Waals surface area (Å²) in [6, 6.07) is 28.8. The third-order valence-corrected chi connectivity index (χ3v) is 5.23. The zero-order chi connectivity index (χ0) is 19.3. The summed E-state index contributed by atoms with van der Waals surface area (Å²) in [5.41, 5.74) is 4.47. The molecule has 4 aromatic carbocycles. The third kappa shape index (κ3) is 4.13. The molecule has 0 aliphatic carbocycles. The van der Waals surface area contributed by atoms with E-state index in [1.807, 2.05) is 30.3 Å². The van der Waals surface area contributed by atoms with Crippen LogP contribution in [-0.4, -0.2) is 0 Å². The normalized spacial score (nSPS) is 10.8. The fourth-order valence-corrected chi connectivity index (χ4v) is 3.46. The van der Waals surface area contributed by atoms with Gasteiger partial charge >= 0.3 is 0 Å². The van der Waals surface area contributed by atoms with Crippen LogP contribution in [0.3, 0.4) is 0 Å². The molecule has 0 aliphatic heterocycles. The fourth-order valence-electron chi connectivity index (χ4n) is 3.27. The van der Waals surface area contributed by atoms with Gasteiger partial charge in [-0.25, -0.2) is 0 Å². The Morgan fingerprint density at radius 2 is 1.57 bits per heavy atom. The van der Waals surface area contributed by atoms with Crippen molar-refractivity contribution in [2.24, 2.45) is 0 Å². The van der Waals surface area contributed by atoms with E-state index in [0.29, 0.717) is 13.2 Å². The number of ether oxygens (including phenoxy) is 1. The molecule has 4 rings (SSSR count). The second kappa shape index (κ2) is 8.37. The molecule has 0 radical (unpaired) electrons. The standard InChI is InChI=1S/C25H22ClNO/c1-18-10-13-21(14-11-18)27-16-23-22-8-4-2-6-19(22)12-15-25(23)28-17-20-7-3-5-9-24(20)26/h2-15,27H,16-17H2,1H3. The van der Waals surface area contributed by atoms with Crippen molar-refractivity contribution < 1.29 is 4.74 Å². The van der Waals surface area contributed by atoms with Gasteiger partial charge in [-0.15, -0.1) is 0 Å². The molecule has 28 heavy (non-hydrogen) atoms. The Morgan fingerprint density at radius 1 is 0.821 bits per heavy atom. The first-order valence-electron chi connectivity index (χ1n) is 9.38. The molecule has 0 saturated heterocycles. The molecule has 0 bridgehead atoms. The topological polar surface area (TPSA) is 21.3 Å². The Balaban J connectivity index is 1.62. The third-order valence-electron chi connectivity index (χ3n) is 4.86. The van der Waals surface area contributed by atoms with E-state index < -0.39 is 0 Å². The number of aryl methyl sites for hydroxylation is 1. The van der Waals surface area contributed by atoms with Crippen molar-refractivity contribution in [3.05, 3.63) is 107 Å². The number of fused-ring (bicyclic) bond motifs is 1. The fraction of sp³-hybridized carbons (Fsp3) is 0.120. The molecule has 0 aliphatic rings. The minimum atomic E-state index is 0.440. The minimum Gasteiger partial charge on any atom is -0.488 e. The van der Waals surface area contributed by atoms with Crippen LogP contribution in [0.25, 0.3) is 10.8 Å². The molecule has 0 spiro atoms. The van der Waals surface area contributed by atoms with Gasteiger partial charge in [0.2, 0.25) is 0 Å². The minimum absolute atomic E-state index is 0.440. The average Bonchev–Trinajstić information content (AvgIpc) is 2.73. The van der Waals surface area contributed by atoms with Crippen molar-refractivity contribution in [1.82, 2.24) is 0 Å². The predicted octanol–water partition coefficient (Wildman–Crippen LogP) is 6.99. The lowest BCUT2D eigenvalue weighted by Gasteiger charge is -2.16. The first-order valence-corrected chi connectivity index (χ1v) is 9.76. The van der Waals surface area contributed by atoms with Crippen LogP contribution in [0.2, 0.25) is 5.02 Å². The van der Waals surface area contributed by atoms with E-state index in [4.69, 9.17) is 16.3 Å². The summed E-state index contributed by atoms with van der Waals surface area (Å²) in [4.78, 5) is 0. The molecule has 1 N–H and O–H groups in total. The lowest BCUT2D eigenvalue weighted by molar-refractivity contribution is 0.304. The van der Waals surface area contributed by atoms with Gasteiger partial charge in [-0.3, -0.25) is 0 Å². The Bertz CT molecular complexity index is 1090. The summed E-state index contributed by atoms with van der Waals surface area (Å²) in [5.74, 6) is 0.873. The first-order chi connectivity index (χ1) is 13.7. The van der Waals surface area contributed by atoms with Gasteiger partial charge in [0.25, 0.3) is 0 Å².